The number of carbonyl (C=O) groups is 3. The summed E-state index contributed by atoms with van der Waals surface area (Å²) in [5, 5.41) is 3.28. The molecule has 0 bridgehead atoms. The van der Waals surface area contributed by atoms with Crippen molar-refractivity contribution in [2.45, 2.75) is 13.0 Å². The summed E-state index contributed by atoms with van der Waals surface area (Å²) in [7, 11) is 0. The van der Waals surface area contributed by atoms with Gasteiger partial charge in [0.2, 0.25) is 5.91 Å². The topological polar surface area (TPSA) is 88.9 Å². The summed E-state index contributed by atoms with van der Waals surface area (Å²) in [5.41, 5.74) is 0.397. The molecule has 2 amide bonds. The molecule has 1 atom stereocenters. The maximum Gasteiger partial charge on any atom is 0.311 e. The maximum absolute atomic E-state index is 12.2. The summed E-state index contributed by atoms with van der Waals surface area (Å²) in [4.78, 5) is 37.6. The molecule has 0 unspecified atom stereocenters. The lowest BCUT2D eigenvalue weighted by Crippen LogP contribution is -2.28. The van der Waals surface area contributed by atoms with Gasteiger partial charge in [0, 0.05) is 28.7 Å². The highest BCUT2D eigenvalue weighted by atomic mass is 35.5. The molecular weight excluding hydrogens is 395 g/mol. The van der Waals surface area contributed by atoms with E-state index in [4.69, 9.17) is 32.4 Å². The first-order chi connectivity index (χ1) is 12.9. The van der Waals surface area contributed by atoms with E-state index in [1.165, 1.54) is 29.4 Å². The number of nitrogens with zero attached hydrogens (tertiary/aromatic N) is 1. The minimum Gasteiger partial charge on any atom is -0.467 e. The fourth-order valence-electron chi connectivity index (χ4n) is 2.75. The monoisotopic (exact) mass is 410 g/mol. The number of hydrogen-bond acceptors (Lipinski definition) is 5. The fraction of sp³-hybridized carbons (Fsp3) is 0.278. The largest absolute Gasteiger partial charge is 0.467 e. The zero-order chi connectivity index (χ0) is 19.4. The van der Waals surface area contributed by atoms with Crippen LogP contribution in [0.3, 0.4) is 0 Å². The number of likely N-dealkylation sites (tertiary alicyclic amines) is 1. The fourth-order valence-corrected chi connectivity index (χ4v) is 3.28. The van der Waals surface area contributed by atoms with Crippen LogP contribution in [0.5, 0.6) is 0 Å². The number of rotatable bonds is 6. The highest BCUT2D eigenvalue weighted by Gasteiger charge is 2.35. The Morgan fingerprint density at radius 3 is 2.67 bits per heavy atom. The zero-order valence-corrected chi connectivity index (χ0v) is 15.6. The number of carbonyl (C=O) groups excluding carboxylic acids is 3. The number of nitrogens with one attached hydrogen (secondary N) is 1. The maximum atomic E-state index is 12.2. The Hall–Kier alpha value is -2.51. The molecule has 1 N–H and O–H groups in total. The van der Waals surface area contributed by atoms with Gasteiger partial charge < -0.3 is 19.4 Å². The molecule has 9 heteroatoms. The number of ether oxygens (including phenoxy) is 1. The van der Waals surface area contributed by atoms with Gasteiger partial charge >= 0.3 is 5.97 Å². The van der Waals surface area contributed by atoms with Gasteiger partial charge in [-0.05, 0) is 30.3 Å². The van der Waals surface area contributed by atoms with Gasteiger partial charge in [-0.25, -0.2) is 0 Å². The van der Waals surface area contributed by atoms with E-state index < -0.39 is 24.4 Å². The molecule has 1 fully saturated rings. The lowest BCUT2D eigenvalue weighted by Gasteiger charge is -2.14. The Balaban J connectivity index is 1.47. The summed E-state index contributed by atoms with van der Waals surface area (Å²) < 4.78 is 10.2. The number of hydrogen-bond donors (Lipinski definition) is 1. The molecule has 1 aromatic carbocycles. The van der Waals surface area contributed by atoms with Crippen LogP contribution in [0, 0.1) is 5.92 Å². The van der Waals surface area contributed by atoms with Crippen molar-refractivity contribution in [3.05, 3.63) is 52.4 Å². The average molecular weight is 411 g/mol. The Bertz CT molecular complexity index is 833. The molecule has 3 rings (SSSR count). The van der Waals surface area contributed by atoms with E-state index in [1.54, 1.807) is 12.1 Å². The van der Waals surface area contributed by atoms with E-state index in [0.717, 1.165) is 0 Å². The Kier molecular flexibility index (Phi) is 6.03. The van der Waals surface area contributed by atoms with Crippen molar-refractivity contribution in [1.82, 2.24) is 4.90 Å². The third-order valence-electron chi connectivity index (χ3n) is 3.97. The second-order valence-electron chi connectivity index (χ2n) is 6.07. The van der Waals surface area contributed by atoms with Crippen LogP contribution in [0.4, 0.5) is 5.69 Å². The van der Waals surface area contributed by atoms with Crippen molar-refractivity contribution in [3.63, 3.8) is 0 Å². The van der Waals surface area contributed by atoms with Crippen LogP contribution < -0.4 is 5.32 Å². The van der Waals surface area contributed by atoms with Crippen molar-refractivity contribution in [2.24, 2.45) is 5.92 Å². The molecular formula is C18H16Cl2N2O5. The van der Waals surface area contributed by atoms with Crippen molar-refractivity contribution in [3.8, 4) is 0 Å². The smallest absolute Gasteiger partial charge is 0.311 e. The van der Waals surface area contributed by atoms with Crippen molar-refractivity contribution >= 4 is 46.7 Å². The van der Waals surface area contributed by atoms with E-state index in [1.807, 2.05) is 0 Å². The van der Waals surface area contributed by atoms with Gasteiger partial charge in [0.1, 0.15) is 5.76 Å². The lowest BCUT2D eigenvalue weighted by atomic mass is 10.1. The molecule has 2 heterocycles. The number of halogens is 2. The molecule has 0 radical (unpaired) electrons. The van der Waals surface area contributed by atoms with Crippen molar-refractivity contribution in [1.29, 1.82) is 0 Å². The van der Waals surface area contributed by atoms with Gasteiger partial charge in [-0.1, -0.05) is 23.2 Å². The predicted molar refractivity (Wildman–Crippen MR) is 98.3 cm³/mol. The lowest BCUT2D eigenvalue weighted by molar-refractivity contribution is -0.151. The molecule has 142 valence electrons. The molecule has 0 spiro atoms. The normalized spacial score (nSPS) is 16.4. The molecule has 1 aromatic heterocycles. The summed E-state index contributed by atoms with van der Waals surface area (Å²) >= 11 is 11.7. The van der Waals surface area contributed by atoms with E-state index >= 15 is 0 Å². The summed E-state index contributed by atoms with van der Waals surface area (Å²) in [6.07, 6.45) is 1.57. The molecule has 1 aliphatic heterocycles. The highest BCUT2D eigenvalue weighted by Crippen LogP contribution is 2.23. The van der Waals surface area contributed by atoms with Crippen LogP contribution in [-0.4, -0.2) is 35.8 Å². The Labute approximate surface area is 165 Å². The zero-order valence-electron chi connectivity index (χ0n) is 14.1. The van der Waals surface area contributed by atoms with Gasteiger partial charge in [0.05, 0.1) is 18.7 Å². The second-order valence-corrected chi connectivity index (χ2v) is 6.94. The van der Waals surface area contributed by atoms with Gasteiger partial charge in [-0.2, -0.15) is 0 Å². The molecule has 7 nitrogen and oxygen atoms in total. The molecule has 27 heavy (non-hydrogen) atoms. The van der Waals surface area contributed by atoms with E-state index in [9.17, 15) is 14.4 Å². The van der Waals surface area contributed by atoms with Gasteiger partial charge in [0.25, 0.3) is 5.91 Å². The number of furan rings is 1. The number of anilines is 1. The SMILES string of the molecule is O=C(COC(=O)[C@@H]1CC(=O)N(Cc2ccco2)C1)Nc1cc(Cl)cc(Cl)c1. The van der Waals surface area contributed by atoms with Gasteiger partial charge in [-0.3, -0.25) is 14.4 Å². The first-order valence-electron chi connectivity index (χ1n) is 8.13. The number of amides is 2. The van der Waals surface area contributed by atoms with Gasteiger partial charge in [0.15, 0.2) is 6.61 Å². The summed E-state index contributed by atoms with van der Waals surface area (Å²) in [6.45, 7) is 0.0569. The van der Waals surface area contributed by atoms with Crippen molar-refractivity contribution < 1.29 is 23.5 Å². The van der Waals surface area contributed by atoms with Gasteiger partial charge in [-0.15, -0.1) is 0 Å². The van der Waals surface area contributed by atoms with Crippen LogP contribution >= 0.6 is 23.2 Å². The average Bonchev–Trinajstić information content (AvgIpc) is 3.22. The minimum absolute atomic E-state index is 0.0467. The third-order valence-corrected chi connectivity index (χ3v) is 4.40. The molecule has 2 aromatic rings. The summed E-state index contributed by atoms with van der Waals surface area (Å²) in [6, 6.07) is 8.06. The van der Waals surface area contributed by atoms with E-state index in [-0.39, 0.29) is 18.9 Å². The summed E-state index contributed by atoms with van der Waals surface area (Å²) in [5.74, 6) is -1.26. The standard InChI is InChI=1S/C18H16Cl2N2O5/c19-12-5-13(20)7-14(6-12)21-16(23)10-27-18(25)11-4-17(24)22(8-11)9-15-2-1-3-26-15/h1-3,5-7,11H,4,8-10H2,(H,21,23)/t11-/m1/s1. The van der Waals surface area contributed by atoms with Crippen molar-refractivity contribution in [2.75, 3.05) is 18.5 Å². The second kappa shape index (κ2) is 8.45. The first-order valence-corrected chi connectivity index (χ1v) is 8.89. The third kappa shape index (κ3) is 5.24. The van der Waals surface area contributed by atoms with E-state index in [2.05, 4.69) is 5.32 Å². The number of esters is 1. The predicted octanol–water partition coefficient (Wildman–Crippen LogP) is 3.12. The molecule has 1 saturated heterocycles. The Morgan fingerprint density at radius 1 is 1.26 bits per heavy atom. The van der Waals surface area contributed by atoms with Crippen LogP contribution in [0.2, 0.25) is 10.0 Å². The van der Waals surface area contributed by atoms with Crippen LogP contribution in [0.15, 0.2) is 41.0 Å². The van der Waals surface area contributed by atoms with Crippen LogP contribution in [0.25, 0.3) is 0 Å². The molecule has 1 aliphatic rings. The number of benzene rings is 1. The highest BCUT2D eigenvalue weighted by molar-refractivity contribution is 6.35. The molecule has 0 aliphatic carbocycles. The minimum atomic E-state index is -0.610. The quantitative estimate of drug-likeness (QED) is 0.738. The Morgan fingerprint density at radius 2 is 2.00 bits per heavy atom. The van der Waals surface area contributed by atoms with E-state index in [0.29, 0.717) is 28.0 Å². The molecule has 0 saturated carbocycles. The van der Waals surface area contributed by atoms with Crippen LogP contribution in [-0.2, 0) is 25.7 Å². The first kappa shape index (κ1) is 19.3. The van der Waals surface area contributed by atoms with Crippen LogP contribution in [0.1, 0.15) is 12.2 Å².